The topological polar surface area (TPSA) is 12.9 Å². The Bertz CT molecular complexity index is 486. The molecular formula is C14H18Br2ClN. The van der Waals surface area contributed by atoms with Gasteiger partial charge in [-0.05, 0) is 33.4 Å². The van der Waals surface area contributed by atoms with E-state index >= 15 is 0 Å². The van der Waals surface area contributed by atoms with Crippen LogP contribution in [-0.2, 0) is 5.33 Å². The molecule has 1 aromatic heterocycles. The van der Waals surface area contributed by atoms with Crippen molar-refractivity contribution in [3.63, 3.8) is 0 Å². The highest BCUT2D eigenvalue weighted by molar-refractivity contribution is 9.11. The minimum Gasteiger partial charge on any atom is -0.259 e. The molecule has 1 heterocycles. The molecule has 0 saturated heterocycles. The standard InChI is InChI=1S/C10H6Br2ClN.2C2H6/c11-4-9-10(12)8-2-1-7(13)3-6(8)5-14-9;2*1-2/h1-3,5H,4H2;2*1-2H3. The quantitative estimate of drug-likeness (QED) is 0.496. The molecule has 0 aliphatic carbocycles. The van der Waals surface area contributed by atoms with Crippen molar-refractivity contribution in [3.8, 4) is 0 Å². The van der Waals surface area contributed by atoms with Gasteiger partial charge in [-0.3, -0.25) is 4.98 Å². The summed E-state index contributed by atoms with van der Waals surface area (Å²) in [6.07, 6.45) is 1.84. The first-order chi connectivity index (χ1) is 8.72. The molecular weight excluding hydrogens is 377 g/mol. The lowest BCUT2D eigenvalue weighted by Gasteiger charge is -2.04. The third-order valence-electron chi connectivity index (χ3n) is 1.99. The molecule has 0 saturated carbocycles. The van der Waals surface area contributed by atoms with Crippen molar-refractivity contribution < 1.29 is 0 Å². The van der Waals surface area contributed by atoms with E-state index < -0.39 is 0 Å². The van der Waals surface area contributed by atoms with Crippen LogP contribution in [0.15, 0.2) is 28.9 Å². The first-order valence-electron chi connectivity index (χ1n) is 6.01. The van der Waals surface area contributed by atoms with Crippen LogP contribution >= 0.6 is 43.5 Å². The first-order valence-corrected chi connectivity index (χ1v) is 8.30. The predicted molar refractivity (Wildman–Crippen MR) is 89.8 cm³/mol. The second-order valence-electron chi connectivity index (χ2n) is 2.88. The second kappa shape index (κ2) is 9.76. The first kappa shape index (κ1) is 17.9. The molecule has 1 aromatic carbocycles. The number of hydrogen-bond acceptors (Lipinski definition) is 1. The second-order valence-corrected chi connectivity index (χ2v) is 4.67. The van der Waals surface area contributed by atoms with Gasteiger partial charge in [0.05, 0.1) is 5.69 Å². The van der Waals surface area contributed by atoms with Crippen LogP contribution in [-0.4, -0.2) is 4.98 Å². The van der Waals surface area contributed by atoms with Gasteiger partial charge >= 0.3 is 0 Å². The summed E-state index contributed by atoms with van der Waals surface area (Å²) in [6.45, 7) is 8.00. The molecule has 0 atom stereocenters. The maximum atomic E-state index is 5.89. The van der Waals surface area contributed by atoms with E-state index in [1.165, 1.54) is 0 Å². The fraction of sp³-hybridized carbons (Fsp3) is 0.357. The molecule has 2 rings (SSSR count). The Morgan fingerprint density at radius 2 is 1.78 bits per heavy atom. The number of rotatable bonds is 1. The normalized spacial score (nSPS) is 9.06. The highest BCUT2D eigenvalue weighted by Gasteiger charge is 2.05. The third-order valence-corrected chi connectivity index (χ3v) is 3.64. The van der Waals surface area contributed by atoms with Crippen LogP contribution in [0.2, 0.25) is 5.02 Å². The van der Waals surface area contributed by atoms with Crippen molar-refractivity contribution >= 4 is 54.2 Å². The number of halogens is 3. The van der Waals surface area contributed by atoms with Crippen LogP contribution < -0.4 is 0 Å². The smallest absolute Gasteiger partial charge is 0.0657 e. The third kappa shape index (κ3) is 4.52. The van der Waals surface area contributed by atoms with Gasteiger partial charge in [0.1, 0.15) is 0 Å². The van der Waals surface area contributed by atoms with Gasteiger partial charge in [0, 0.05) is 26.4 Å². The van der Waals surface area contributed by atoms with E-state index in [2.05, 4.69) is 36.8 Å². The summed E-state index contributed by atoms with van der Waals surface area (Å²) in [6, 6.07) is 5.79. The highest BCUT2D eigenvalue weighted by Crippen LogP contribution is 2.28. The number of pyridine rings is 1. The maximum Gasteiger partial charge on any atom is 0.0657 e. The van der Waals surface area contributed by atoms with Gasteiger partial charge in [-0.25, -0.2) is 0 Å². The number of nitrogens with zero attached hydrogens (tertiary/aromatic N) is 1. The molecule has 0 aliphatic rings. The zero-order valence-corrected chi connectivity index (χ0v) is 15.0. The van der Waals surface area contributed by atoms with Crippen LogP contribution in [0.25, 0.3) is 10.8 Å². The summed E-state index contributed by atoms with van der Waals surface area (Å²) in [7, 11) is 0. The summed E-state index contributed by atoms with van der Waals surface area (Å²) in [4.78, 5) is 4.31. The van der Waals surface area contributed by atoms with Crippen LogP contribution in [0, 0.1) is 0 Å². The summed E-state index contributed by atoms with van der Waals surface area (Å²) in [5, 5.41) is 3.66. The number of alkyl halides is 1. The van der Waals surface area contributed by atoms with Crippen LogP contribution in [0.1, 0.15) is 33.4 Å². The Labute approximate surface area is 131 Å². The van der Waals surface area contributed by atoms with Crippen molar-refractivity contribution in [2.24, 2.45) is 0 Å². The molecule has 4 heteroatoms. The summed E-state index contributed by atoms with van der Waals surface area (Å²) in [5.41, 5.74) is 1.000. The number of hydrogen-bond donors (Lipinski definition) is 0. The largest absolute Gasteiger partial charge is 0.259 e. The monoisotopic (exact) mass is 393 g/mol. The zero-order valence-electron chi connectivity index (χ0n) is 11.1. The highest BCUT2D eigenvalue weighted by atomic mass is 79.9. The van der Waals surface area contributed by atoms with E-state index in [-0.39, 0.29) is 0 Å². The lowest BCUT2D eigenvalue weighted by molar-refractivity contribution is 1.19. The van der Waals surface area contributed by atoms with Crippen molar-refractivity contribution in [2.45, 2.75) is 33.0 Å². The Hall–Kier alpha value is -0.120. The zero-order chi connectivity index (χ0) is 14.1. The van der Waals surface area contributed by atoms with Crippen molar-refractivity contribution in [2.75, 3.05) is 0 Å². The van der Waals surface area contributed by atoms with Gasteiger partial charge in [0.25, 0.3) is 0 Å². The van der Waals surface area contributed by atoms with Gasteiger partial charge in [0.2, 0.25) is 0 Å². The summed E-state index contributed by atoms with van der Waals surface area (Å²) >= 11 is 12.8. The molecule has 0 spiro atoms. The minimum absolute atomic E-state index is 0.734. The molecule has 1 nitrogen and oxygen atoms in total. The molecule has 0 fully saturated rings. The average Bonchev–Trinajstić information content (AvgIpc) is 2.43. The van der Waals surface area contributed by atoms with Gasteiger partial charge in [-0.1, -0.05) is 61.3 Å². The Kier molecular flexibility index (Phi) is 9.70. The molecule has 0 N–H and O–H groups in total. The molecule has 0 amide bonds. The minimum atomic E-state index is 0.734. The molecule has 2 aromatic rings. The molecule has 0 bridgehead atoms. The number of benzene rings is 1. The van der Waals surface area contributed by atoms with Crippen molar-refractivity contribution in [1.82, 2.24) is 4.98 Å². The van der Waals surface area contributed by atoms with Crippen LogP contribution in [0.5, 0.6) is 0 Å². The Balaban J connectivity index is 0.000000659. The lowest BCUT2D eigenvalue weighted by atomic mass is 10.1. The van der Waals surface area contributed by atoms with Gasteiger partial charge in [-0.2, -0.15) is 0 Å². The van der Waals surface area contributed by atoms with E-state index in [4.69, 9.17) is 11.6 Å². The predicted octanol–water partition coefficient (Wildman–Crippen LogP) is 6.60. The van der Waals surface area contributed by atoms with Crippen LogP contribution in [0.3, 0.4) is 0 Å². The molecule has 0 aliphatic heterocycles. The number of fused-ring (bicyclic) bond motifs is 1. The van der Waals surface area contributed by atoms with Crippen molar-refractivity contribution in [1.29, 1.82) is 0 Å². The van der Waals surface area contributed by atoms with E-state index in [0.717, 1.165) is 31.3 Å². The van der Waals surface area contributed by atoms with E-state index in [0.29, 0.717) is 0 Å². The summed E-state index contributed by atoms with van der Waals surface area (Å²) in [5.74, 6) is 0. The van der Waals surface area contributed by atoms with Gasteiger partial charge in [-0.15, -0.1) is 0 Å². The van der Waals surface area contributed by atoms with E-state index in [9.17, 15) is 0 Å². The Morgan fingerprint density at radius 3 is 2.33 bits per heavy atom. The average molecular weight is 396 g/mol. The molecule has 100 valence electrons. The summed E-state index contributed by atoms with van der Waals surface area (Å²) < 4.78 is 1.03. The van der Waals surface area contributed by atoms with E-state index in [1.807, 2.05) is 52.1 Å². The number of aromatic nitrogens is 1. The lowest BCUT2D eigenvalue weighted by Crippen LogP contribution is -1.88. The van der Waals surface area contributed by atoms with Crippen molar-refractivity contribution in [3.05, 3.63) is 39.6 Å². The fourth-order valence-corrected chi connectivity index (χ4v) is 2.88. The fourth-order valence-electron chi connectivity index (χ4n) is 1.29. The molecule has 18 heavy (non-hydrogen) atoms. The molecule has 0 unspecified atom stereocenters. The van der Waals surface area contributed by atoms with Gasteiger partial charge < -0.3 is 0 Å². The molecule has 0 radical (unpaired) electrons. The Morgan fingerprint density at radius 1 is 1.17 bits per heavy atom. The van der Waals surface area contributed by atoms with Crippen LogP contribution in [0.4, 0.5) is 0 Å². The van der Waals surface area contributed by atoms with Gasteiger partial charge in [0.15, 0.2) is 0 Å². The maximum absolute atomic E-state index is 5.89. The SMILES string of the molecule is CC.CC.Clc1ccc2c(Br)c(CBr)ncc2c1. The van der Waals surface area contributed by atoms with E-state index in [1.54, 1.807) is 0 Å².